The molecule has 1 rings (SSSR count). The van der Waals surface area contributed by atoms with Crippen molar-refractivity contribution in [3.63, 3.8) is 0 Å². The van der Waals surface area contributed by atoms with Crippen molar-refractivity contribution in [1.82, 2.24) is 9.21 Å². The van der Waals surface area contributed by atoms with Crippen molar-refractivity contribution < 1.29 is 8.42 Å². The van der Waals surface area contributed by atoms with Crippen LogP contribution < -0.4 is 5.73 Å². The monoisotopic (exact) mass is 221 g/mol. The van der Waals surface area contributed by atoms with E-state index < -0.39 is 10.0 Å². The number of nitrogens with two attached hydrogens (primary N) is 1. The number of hydrogen-bond acceptors (Lipinski definition) is 4. The van der Waals surface area contributed by atoms with Gasteiger partial charge in [-0.15, -0.1) is 0 Å². The van der Waals surface area contributed by atoms with E-state index in [9.17, 15) is 8.42 Å². The Morgan fingerprint density at radius 1 is 1.21 bits per heavy atom. The fourth-order valence-corrected chi connectivity index (χ4v) is 2.90. The first-order chi connectivity index (χ1) is 6.56. The molecule has 1 heterocycles. The summed E-state index contributed by atoms with van der Waals surface area (Å²) in [5, 5.41) is 0. The van der Waals surface area contributed by atoms with E-state index in [1.165, 1.54) is 0 Å². The third kappa shape index (κ3) is 3.20. The van der Waals surface area contributed by atoms with E-state index in [1.54, 1.807) is 4.31 Å². The molecule has 0 atom stereocenters. The molecule has 0 saturated carbocycles. The summed E-state index contributed by atoms with van der Waals surface area (Å²) in [5.74, 6) is 0.0662. The van der Waals surface area contributed by atoms with E-state index in [2.05, 4.69) is 4.90 Å². The molecule has 5 nitrogen and oxygen atoms in total. The first-order valence-electron chi connectivity index (χ1n) is 4.92. The number of hydrogen-bond donors (Lipinski definition) is 1. The van der Waals surface area contributed by atoms with Crippen molar-refractivity contribution in [3.05, 3.63) is 0 Å². The third-order valence-electron chi connectivity index (χ3n) is 2.45. The normalized spacial score (nSPS) is 22.1. The number of rotatable bonds is 3. The summed E-state index contributed by atoms with van der Waals surface area (Å²) in [4.78, 5) is 2.15. The molecule has 0 aromatic carbocycles. The minimum atomic E-state index is -3.10. The molecule has 0 unspecified atom stereocenters. The maximum absolute atomic E-state index is 11.7. The highest BCUT2D eigenvalue weighted by Gasteiger charge is 2.22. The van der Waals surface area contributed by atoms with Gasteiger partial charge in [0.15, 0.2) is 0 Å². The number of sulfonamides is 1. The lowest BCUT2D eigenvalue weighted by Crippen LogP contribution is -2.37. The first kappa shape index (κ1) is 11.9. The summed E-state index contributed by atoms with van der Waals surface area (Å²) < 4.78 is 24.9. The summed E-state index contributed by atoms with van der Waals surface area (Å²) in [6, 6.07) is 0. The number of nitrogens with zero attached hydrogens (tertiary/aromatic N) is 2. The molecule has 1 aliphatic rings. The Balaban J connectivity index is 2.59. The molecule has 0 aromatic heterocycles. The molecule has 14 heavy (non-hydrogen) atoms. The Labute approximate surface area is 85.9 Å². The molecule has 1 aliphatic heterocycles. The topological polar surface area (TPSA) is 66.6 Å². The molecule has 1 saturated heterocycles. The van der Waals surface area contributed by atoms with Gasteiger partial charge in [-0.2, -0.15) is 0 Å². The van der Waals surface area contributed by atoms with Gasteiger partial charge >= 0.3 is 0 Å². The van der Waals surface area contributed by atoms with Crippen molar-refractivity contribution in [3.8, 4) is 0 Å². The standard InChI is InChI=1S/C8H19N3O2S/c1-10-4-2-5-11(7-6-10)14(12,13)8-3-9/h2-9H2,1H3. The van der Waals surface area contributed by atoms with Gasteiger partial charge in [-0.05, 0) is 20.0 Å². The maximum atomic E-state index is 11.7. The van der Waals surface area contributed by atoms with Crippen LogP contribution in [-0.2, 0) is 10.0 Å². The smallest absolute Gasteiger partial charge is 0.215 e. The molecule has 2 N–H and O–H groups in total. The van der Waals surface area contributed by atoms with E-state index in [0.29, 0.717) is 13.1 Å². The minimum Gasteiger partial charge on any atom is -0.329 e. The predicted octanol–water partition coefficient (Wildman–Crippen LogP) is -1.09. The second kappa shape index (κ2) is 5.06. The molecule has 6 heteroatoms. The van der Waals surface area contributed by atoms with E-state index in [0.717, 1.165) is 19.5 Å². The van der Waals surface area contributed by atoms with Crippen molar-refractivity contribution >= 4 is 10.0 Å². The Bertz CT molecular complexity index is 266. The van der Waals surface area contributed by atoms with Gasteiger partial charge < -0.3 is 10.6 Å². The van der Waals surface area contributed by atoms with Gasteiger partial charge in [-0.25, -0.2) is 12.7 Å². The molecule has 84 valence electrons. The highest BCUT2D eigenvalue weighted by Crippen LogP contribution is 2.06. The van der Waals surface area contributed by atoms with Crippen molar-refractivity contribution in [2.75, 3.05) is 45.5 Å². The van der Waals surface area contributed by atoms with E-state index in [4.69, 9.17) is 5.73 Å². The van der Waals surface area contributed by atoms with Crippen LogP contribution in [0.1, 0.15) is 6.42 Å². The van der Waals surface area contributed by atoms with E-state index in [1.807, 2.05) is 7.05 Å². The van der Waals surface area contributed by atoms with Crippen LogP contribution in [0.15, 0.2) is 0 Å². The lowest BCUT2D eigenvalue weighted by atomic mass is 10.4. The van der Waals surface area contributed by atoms with E-state index >= 15 is 0 Å². The van der Waals surface area contributed by atoms with Gasteiger partial charge in [0, 0.05) is 26.2 Å². The lowest BCUT2D eigenvalue weighted by Gasteiger charge is -2.19. The van der Waals surface area contributed by atoms with Gasteiger partial charge in [0.2, 0.25) is 10.0 Å². The van der Waals surface area contributed by atoms with Gasteiger partial charge in [0.25, 0.3) is 0 Å². The second-order valence-electron chi connectivity index (χ2n) is 3.66. The fourth-order valence-electron chi connectivity index (χ4n) is 1.58. The Morgan fingerprint density at radius 2 is 1.93 bits per heavy atom. The largest absolute Gasteiger partial charge is 0.329 e. The average molecular weight is 221 g/mol. The molecule has 0 aliphatic carbocycles. The van der Waals surface area contributed by atoms with Gasteiger partial charge in [0.05, 0.1) is 5.75 Å². The quantitative estimate of drug-likeness (QED) is 0.658. The predicted molar refractivity (Wildman–Crippen MR) is 56.5 cm³/mol. The zero-order chi connectivity index (χ0) is 10.6. The van der Waals surface area contributed by atoms with Crippen molar-refractivity contribution in [2.24, 2.45) is 5.73 Å². The molecular weight excluding hydrogens is 202 g/mol. The van der Waals surface area contributed by atoms with Crippen LogP contribution in [-0.4, -0.2) is 63.1 Å². The molecule has 0 amide bonds. The van der Waals surface area contributed by atoms with Crippen LogP contribution in [0.25, 0.3) is 0 Å². The number of likely N-dealkylation sites (N-methyl/N-ethyl adjacent to an activating group) is 1. The molecule has 0 spiro atoms. The fraction of sp³-hybridized carbons (Fsp3) is 1.00. The average Bonchev–Trinajstić information content (AvgIpc) is 2.30. The Kier molecular flexibility index (Phi) is 4.31. The minimum absolute atomic E-state index is 0.0662. The summed E-state index contributed by atoms with van der Waals surface area (Å²) >= 11 is 0. The molecule has 0 bridgehead atoms. The van der Waals surface area contributed by atoms with Gasteiger partial charge in [-0.3, -0.25) is 0 Å². The maximum Gasteiger partial charge on any atom is 0.215 e. The summed E-state index contributed by atoms with van der Waals surface area (Å²) in [5.41, 5.74) is 5.27. The zero-order valence-electron chi connectivity index (χ0n) is 8.65. The molecule has 0 aromatic rings. The van der Waals surface area contributed by atoms with Crippen LogP contribution in [0.4, 0.5) is 0 Å². The van der Waals surface area contributed by atoms with Gasteiger partial charge in [-0.1, -0.05) is 0 Å². The summed E-state index contributed by atoms with van der Waals surface area (Å²) in [6.45, 7) is 3.21. The van der Waals surface area contributed by atoms with Crippen LogP contribution in [0, 0.1) is 0 Å². The van der Waals surface area contributed by atoms with Crippen molar-refractivity contribution in [1.29, 1.82) is 0 Å². The third-order valence-corrected chi connectivity index (χ3v) is 4.35. The SMILES string of the molecule is CN1CCCN(S(=O)(=O)CCN)CC1. The molecule has 0 radical (unpaired) electrons. The van der Waals surface area contributed by atoms with E-state index in [-0.39, 0.29) is 12.3 Å². The van der Waals surface area contributed by atoms with Crippen molar-refractivity contribution in [2.45, 2.75) is 6.42 Å². The second-order valence-corrected chi connectivity index (χ2v) is 5.75. The van der Waals surface area contributed by atoms with Crippen LogP contribution in [0.5, 0.6) is 0 Å². The summed E-state index contributed by atoms with van der Waals surface area (Å²) in [7, 11) is -1.09. The zero-order valence-corrected chi connectivity index (χ0v) is 9.46. The lowest BCUT2D eigenvalue weighted by molar-refractivity contribution is 0.347. The summed E-state index contributed by atoms with van der Waals surface area (Å²) in [6.07, 6.45) is 0.903. The Hall–Kier alpha value is -0.170. The highest BCUT2D eigenvalue weighted by molar-refractivity contribution is 7.89. The van der Waals surface area contributed by atoms with Crippen LogP contribution in [0.3, 0.4) is 0 Å². The molecule has 1 fully saturated rings. The highest BCUT2D eigenvalue weighted by atomic mass is 32.2. The van der Waals surface area contributed by atoms with Crippen LogP contribution >= 0.6 is 0 Å². The van der Waals surface area contributed by atoms with Gasteiger partial charge in [0.1, 0.15) is 0 Å². The van der Waals surface area contributed by atoms with Crippen LogP contribution in [0.2, 0.25) is 0 Å². The molecular formula is C8H19N3O2S. The Morgan fingerprint density at radius 3 is 2.57 bits per heavy atom. The first-order valence-corrected chi connectivity index (χ1v) is 6.53.